The molecule has 6 nitrogen and oxygen atoms in total. The predicted molar refractivity (Wildman–Crippen MR) is 84.1 cm³/mol. The molecular weight excluding hydrogens is 294 g/mol. The summed E-state index contributed by atoms with van der Waals surface area (Å²) in [5, 5.41) is 0. The zero-order valence-corrected chi connectivity index (χ0v) is 13.7. The van der Waals surface area contributed by atoms with Gasteiger partial charge in [0.25, 0.3) is 5.91 Å². The standard InChI is InChI=1S/C17H25N3O3/c1-19-9-6-18-15(19)16(21)20-7-4-17(5-8-20)10-14(12-23-17)22-11-13-2-3-13/h6,9,13-14H,2-5,7-8,10-12H2,1H3/t14-/m0/s1. The van der Waals surface area contributed by atoms with Crippen LogP contribution in [0.3, 0.4) is 0 Å². The van der Waals surface area contributed by atoms with Crippen LogP contribution in [0, 0.1) is 5.92 Å². The van der Waals surface area contributed by atoms with Gasteiger partial charge in [0, 0.05) is 45.6 Å². The van der Waals surface area contributed by atoms with Crippen molar-refractivity contribution in [3.05, 3.63) is 18.2 Å². The van der Waals surface area contributed by atoms with Gasteiger partial charge in [0.1, 0.15) is 0 Å². The smallest absolute Gasteiger partial charge is 0.289 e. The number of carbonyl (C=O) groups excluding carboxylic acids is 1. The van der Waals surface area contributed by atoms with E-state index in [0.717, 1.165) is 44.9 Å². The molecule has 1 atom stereocenters. The van der Waals surface area contributed by atoms with E-state index >= 15 is 0 Å². The maximum absolute atomic E-state index is 12.5. The van der Waals surface area contributed by atoms with Gasteiger partial charge in [-0.2, -0.15) is 0 Å². The maximum atomic E-state index is 12.5. The Bertz CT molecular complexity index is 573. The summed E-state index contributed by atoms with van der Waals surface area (Å²) < 4.78 is 13.9. The van der Waals surface area contributed by atoms with Crippen LogP contribution < -0.4 is 0 Å². The molecule has 1 aromatic heterocycles. The van der Waals surface area contributed by atoms with Crippen LogP contribution in [0.15, 0.2) is 12.4 Å². The van der Waals surface area contributed by atoms with Gasteiger partial charge in [0.15, 0.2) is 5.82 Å². The van der Waals surface area contributed by atoms with Gasteiger partial charge >= 0.3 is 0 Å². The first-order valence-corrected chi connectivity index (χ1v) is 8.67. The van der Waals surface area contributed by atoms with Gasteiger partial charge in [0.2, 0.25) is 0 Å². The SMILES string of the molecule is Cn1ccnc1C(=O)N1CCC2(CC1)C[C@H](OCC1CC1)CO2. The second-order valence-electron chi connectivity index (χ2n) is 7.25. The van der Waals surface area contributed by atoms with Gasteiger partial charge in [-0.1, -0.05) is 0 Å². The van der Waals surface area contributed by atoms with Crippen LogP contribution in [0.1, 0.15) is 42.7 Å². The van der Waals surface area contributed by atoms with Crippen LogP contribution in [0.5, 0.6) is 0 Å². The number of hydrogen-bond donors (Lipinski definition) is 0. The molecule has 6 heteroatoms. The minimum absolute atomic E-state index is 0.0203. The molecule has 1 amide bonds. The summed E-state index contributed by atoms with van der Waals surface area (Å²) in [7, 11) is 1.85. The molecule has 1 aliphatic carbocycles. The van der Waals surface area contributed by atoms with Crippen LogP contribution in [-0.2, 0) is 16.5 Å². The van der Waals surface area contributed by atoms with E-state index in [0.29, 0.717) is 12.4 Å². The number of carbonyl (C=O) groups is 1. The number of imidazole rings is 1. The average Bonchev–Trinajstić information content (AvgIpc) is 3.17. The van der Waals surface area contributed by atoms with Gasteiger partial charge in [-0.3, -0.25) is 4.79 Å². The van der Waals surface area contributed by atoms with Gasteiger partial charge in [-0.25, -0.2) is 4.98 Å². The van der Waals surface area contributed by atoms with Gasteiger partial charge in [-0.05, 0) is 31.6 Å². The lowest BCUT2D eigenvalue weighted by Crippen LogP contribution is -2.47. The van der Waals surface area contributed by atoms with Gasteiger partial charge in [0.05, 0.1) is 18.3 Å². The molecule has 4 rings (SSSR count). The Morgan fingerprint density at radius 1 is 1.43 bits per heavy atom. The van der Waals surface area contributed by atoms with Crippen molar-refractivity contribution in [2.75, 3.05) is 26.3 Å². The second-order valence-corrected chi connectivity index (χ2v) is 7.25. The second kappa shape index (κ2) is 5.91. The van der Waals surface area contributed by atoms with E-state index in [1.807, 2.05) is 11.9 Å². The molecule has 0 radical (unpaired) electrons. The van der Waals surface area contributed by atoms with E-state index in [9.17, 15) is 4.79 Å². The normalized spacial score (nSPS) is 26.8. The number of nitrogens with zero attached hydrogens (tertiary/aromatic N) is 3. The number of ether oxygens (including phenoxy) is 2. The molecule has 0 unspecified atom stereocenters. The third kappa shape index (κ3) is 3.15. The number of likely N-dealkylation sites (tertiary alicyclic amines) is 1. The molecule has 126 valence electrons. The summed E-state index contributed by atoms with van der Waals surface area (Å²) in [6.45, 7) is 3.08. The predicted octanol–water partition coefficient (Wildman–Crippen LogP) is 1.61. The fraction of sp³-hybridized carbons (Fsp3) is 0.765. The molecule has 2 saturated heterocycles. The summed E-state index contributed by atoms with van der Waals surface area (Å²) in [5.74, 6) is 1.33. The van der Waals surface area contributed by atoms with Gasteiger partial charge < -0.3 is 18.9 Å². The van der Waals surface area contributed by atoms with Crippen LogP contribution in [0.2, 0.25) is 0 Å². The van der Waals surface area contributed by atoms with Crippen LogP contribution in [0.4, 0.5) is 0 Å². The summed E-state index contributed by atoms with van der Waals surface area (Å²) in [4.78, 5) is 18.6. The van der Waals surface area contributed by atoms with Crippen LogP contribution in [-0.4, -0.2) is 58.4 Å². The third-order valence-corrected chi connectivity index (χ3v) is 5.41. The Labute approximate surface area is 136 Å². The lowest BCUT2D eigenvalue weighted by Gasteiger charge is -2.38. The zero-order chi connectivity index (χ0) is 15.9. The van der Waals surface area contributed by atoms with Crippen molar-refractivity contribution in [3.8, 4) is 0 Å². The van der Waals surface area contributed by atoms with Crippen molar-refractivity contribution in [1.29, 1.82) is 0 Å². The first-order valence-electron chi connectivity index (χ1n) is 8.67. The van der Waals surface area contributed by atoms with Crippen LogP contribution in [0.25, 0.3) is 0 Å². The molecule has 1 spiro atoms. The van der Waals surface area contributed by atoms with Crippen molar-refractivity contribution in [1.82, 2.24) is 14.5 Å². The molecule has 1 aromatic rings. The minimum Gasteiger partial charge on any atom is -0.375 e. The Hall–Kier alpha value is -1.40. The van der Waals surface area contributed by atoms with E-state index in [1.165, 1.54) is 12.8 Å². The number of rotatable bonds is 4. The van der Waals surface area contributed by atoms with Crippen molar-refractivity contribution < 1.29 is 14.3 Å². The van der Waals surface area contributed by atoms with E-state index in [4.69, 9.17) is 9.47 Å². The molecule has 3 aliphatic rings. The fourth-order valence-electron chi connectivity index (χ4n) is 3.65. The van der Waals surface area contributed by atoms with E-state index < -0.39 is 0 Å². The number of aromatic nitrogens is 2. The molecule has 0 N–H and O–H groups in total. The highest BCUT2D eigenvalue weighted by atomic mass is 16.6. The van der Waals surface area contributed by atoms with Crippen molar-refractivity contribution in [3.63, 3.8) is 0 Å². The molecular formula is C17H25N3O3. The zero-order valence-electron chi connectivity index (χ0n) is 13.7. The molecule has 23 heavy (non-hydrogen) atoms. The van der Waals surface area contributed by atoms with Crippen LogP contribution >= 0.6 is 0 Å². The molecule has 0 bridgehead atoms. The van der Waals surface area contributed by atoms with Crippen molar-refractivity contribution in [2.24, 2.45) is 13.0 Å². The topological polar surface area (TPSA) is 56.6 Å². The fourth-order valence-corrected chi connectivity index (χ4v) is 3.65. The third-order valence-electron chi connectivity index (χ3n) is 5.41. The largest absolute Gasteiger partial charge is 0.375 e. The summed E-state index contributed by atoms with van der Waals surface area (Å²) in [6.07, 6.45) is 9.13. The Kier molecular flexibility index (Phi) is 3.89. The molecule has 2 aliphatic heterocycles. The number of aryl methyl sites for hydroxylation is 1. The molecule has 1 saturated carbocycles. The molecule has 3 fully saturated rings. The first-order chi connectivity index (χ1) is 11.2. The molecule has 3 heterocycles. The maximum Gasteiger partial charge on any atom is 0.289 e. The number of hydrogen-bond acceptors (Lipinski definition) is 4. The summed E-state index contributed by atoms with van der Waals surface area (Å²) >= 11 is 0. The summed E-state index contributed by atoms with van der Waals surface area (Å²) in [5.41, 5.74) is -0.0768. The number of amides is 1. The monoisotopic (exact) mass is 319 g/mol. The summed E-state index contributed by atoms with van der Waals surface area (Å²) in [6, 6.07) is 0. The van der Waals surface area contributed by atoms with Crippen molar-refractivity contribution >= 4 is 5.91 Å². The highest BCUT2D eigenvalue weighted by Crippen LogP contribution is 2.38. The quantitative estimate of drug-likeness (QED) is 0.846. The Morgan fingerprint density at radius 2 is 2.22 bits per heavy atom. The van der Waals surface area contributed by atoms with E-state index in [1.54, 1.807) is 17.0 Å². The Balaban J connectivity index is 1.30. The average molecular weight is 319 g/mol. The minimum atomic E-state index is -0.0768. The Morgan fingerprint density at radius 3 is 2.87 bits per heavy atom. The van der Waals surface area contributed by atoms with E-state index in [2.05, 4.69) is 4.98 Å². The first kappa shape index (κ1) is 15.1. The van der Waals surface area contributed by atoms with Gasteiger partial charge in [-0.15, -0.1) is 0 Å². The lowest BCUT2D eigenvalue weighted by atomic mass is 9.88. The highest BCUT2D eigenvalue weighted by molar-refractivity contribution is 5.90. The molecule has 0 aromatic carbocycles. The number of piperidine rings is 1. The highest BCUT2D eigenvalue weighted by Gasteiger charge is 2.44. The van der Waals surface area contributed by atoms with E-state index in [-0.39, 0.29) is 17.6 Å². The van der Waals surface area contributed by atoms with Crippen molar-refractivity contribution in [2.45, 2.75) is 43.8 Å². The lowest BCUT2D eigenvalue weighted by molar-refractivity contribution is -0.0412.